The van der Waals surface area contributed by atoms with Gasteiger partial charge in [0.1, 0.15) is 0 Å². The van der Waals surface area contributed by atoms with E-state index in [1.54, 1.807) is 0 Å². The number of quaternary nitrogens is 1. The molecular formula is C25H35N4O2+. The summed E-state index contributed by atoms with van der Waals surface area (Å²) in [6, 6.07) is 15.9. The maximum atomic E-state index is 12.4. The molecular weight excluding hydrogens is 388 g/mol. The predicted molar refractivity (Wildman–Crippen MR) is 127 cm³/mol. The van der Waals surface area contributed by atoms with Gasteiger partial charge in [-0.05, 0) is 55.2 Å². The first-order valence-electron chi connectivity index (χ1n) is 11.4. The molecule has 0 radical (unpaired) electrons. The number of aryl methyl sites for hydroxylation is 1. The van der Waals surface area contributed by atoms with Gasteiger partial charge < -0.3 is 20.4 Å². The second-order valence-electron chi connectivity index (χ2n) is 8.37. The number of nitrogens with zero attached hydrogens (tertiary/aromatic N) is 1. The molecule has 0 spiro atoms. The fourth-order valence-corrected chi connectivity index (χ4v) is 4.05. The number of hydrogen-bond donors (Lipinski definition) is 3. The van der Waals surface area contributed by atoms with Crippen LogP contribution in [-0.2, 0) is 16.0 Å². The smallest absolute Gasteiger partial charge is 0.279 e. The zero-order valence-electron chi connectivity index (χ0n) is 18.7. The maximum absolute atomic E-state index is 12.4. The van der Waals surface area contributed by atoms with E-state index in [9.17, 15) is 9.59 Å². The van der Waals surface area contributed by atoms with Crippen LogP contribution in [0, 0.1) is 0 Å². The van der Waals surface area contributed by atoms with Crippen LogP contribution in [0.5, 0.6) is 0 Å². The van der Waals surface area contributed by atoms with E-state index >= 15 is 0 Å². The van der Waals surface area contributed by atoms with Crippen molar-refractivity contribution in [3.63, 3.8) is 0 Å². The third-order valence-electron chi connectivity index (χ3n) is 5.72. The van der Waals surface area contributed by atoms with Gasteiger partial charge in [0.05, 0.1) is 7.05 Å². The van der Waals surface area contributed by atoms with Gasteiger partial charge in [0.15, 0.2) is 13.1 Å². The Morgan fingerprint density at radius 3 is 2.13 bits per heavy atom. The molecule has 2 aromatic rings. The molecule has 1 saturated heterocycles. The number of amides is 2. The lowest BCUT2D eigenvalue weighted by Crippen LogP contribution is -3.11. The number of hydrogen-bond acceptors (Lipinski definition) is 3. The lowest BCUT2D eigenvalue weighted by Gasteiger charge is -2.22. The first-order chi connectivity index (χ1) is 15.0. The van der Waals surface area contributed by atoms with Crippen molar-refractivity contribution in [1.29, 1.82) is 0 Å². The molecule has 0 saturated carbocycles. The average molecular weight is 424 g/mol. The Morgan fingerprint density at radius 2 is 1.48 bits per heavy atom. The summed E-state index contributed by atoms with van der Waals surface area (Å²) < 4.78 is 0. The zero-order chi connectivity index (χ0) is 22.1. The van der Waals surface area contributed by atoms with Crippen molar-refractivity contribution in [2.24, 2.45) is 0 Å². The molecule has 0 bridgehead atoms. The van der Waals surface area contributed by atoms with Crippen LogP contribution in [0.1, 0.15) is 38.2 Å². The molecule has 6 nitrogen and oxygen atoms in total. The molecule has 1 unspecified atom stereocenters. The minimum atomic E-state index is -0.0956. The van der Waals surface area contributed by atoms with Crippen molar-refractivity contribution >= 4 is 28.9 Å². The molecule has 3 N–H and O–H groups in total. The number of likely N-dealkylation sites (N-methyl/N-ethyl adjacent to an activating group) is 1. The summed E-state index contributed by atoms with van der Waals surface area (Å²) in [5.41, 5.74) is 3.95. The van der Waals surface area contributed by atoms with Crippen LogP contribution in [0.15, 0.2) is 48.5 Å². The molecule has 0 aliphatic carbocycles. The summed E-state index contributed by atoms with van der Waals surface area (Å²) in [6.45, 7) is 4.73. The molecule has 1 fully saturated rings. The Morgan fingerprint density at radius 1 is 0.871 bits per heavy atom. The molecule has 166 valence electrons. The van der Waals surface area contributed by atoms with Crippen molar-refractivity contribution in [3.05, 3.63) is 54.1 Å². The van der Waals surface area contributed by atoms with Crippen LogP contribution < -0.4 is 20.4 Å². The number of rotatable bonds is 8. The highest BCUT2D eigenvalue weighted by Gasteiger charge is 2.16. The summed E-state index contributed by atoms with van der Waals surface area (Å²) in [4.78, 5) is 28.1. The van der Waals surface area contributed by atoms with Gasteiger partial charge in [0, 0.05) is 30.2 Å². The third kappa shape index (κ3) is 7.10. The van der Waals surface area contributed by atoms with Gasteiger partial charge >= 0.3 is 0 Å². The van der Waals surface area contributed by atoms with Crippen molar-refractivity contribution in [2.45, 2.75) is 39.0 Å². The van der Waals surface area contributed by atoms with Crippen LogP contribution in [0.4, 0.5) is 17.1 Å². The van der Waals surface area contributed by atoms with Crippen LogP contribution in [0.2, 0.25) is 0 Å². The Hall–Kier alpha value is -2.86. The minimum absolute atomic E-state index is 0.0898. The van der Waals surface area contributed by atoms with E-state index in [1.807, 2.05) is 43.4 Å². The summed E-state index contributed by atoms with van der Waals surface area (Å²) >= 11 is 0. The molecule has 1 aliphatic heterocycles. The lowest BCUT2D eigenvalue weighted by atomic mass is 10.1. The molecule has 1 atom stereocenters. The topological polar surface area (TPSA) is 65.9 Å². The summed E-state index contributed by atoms with van der Waals surface area (Å²) in [5, 5.41) is 5.91. The Balaban J connectivity index is 1.45. The van der Waals surface area contributed by atoms with E-state index in [1.165, 1.54) is 31.4 Å². The Kier molecular flexibility index (Phi) is 8.47. The minimum Gasteiger partial charge on any atom is -0.372 e. The van der Waals surface area contributed by atoms with Crippen molar-refractivity contribution in [1.82, 2.24) is 0 Å². The van der Waals surface area contributed by atoms with Gasteiger partial charge in [0.2, 0.25) is 0 Å². The second-order valence-corrected chi connectivity index (χ2v) is 8.37. The SMILES string of the molecule is CCc1ccccc1NC(=O)C[NH+](C)CC(=O)Nc1ccc(N2CCCCCC2)cc1. The largest absolute Gasteiger partial charge is 0.372 e. The lowest BCUT2D eigenvalue weighted by molar-refractivity contribution is -0.862. The highest BCUT2D eigenvalue weighted by Crippen LogP contribution is 2.21. The second kappa shape index (κ2) is 11.5. The van der Waals surface area contributed by atoms with E-state index in [-0.39, 0.29) is 24.9 Å². The normalized spacial score (nSPS) is 15.1. The Bertz CT molecular complexity index is 858. The molecule has 6 heteroatoms. The number of nitrogens with one attached hydrogen (secondary N) is 3. The molecule has 2 aromatic carbocycles. The molecule has 0 aromatic heterocycles. The van der Waals surface area contributed by atoms with Gasteiger partial charge in [-0.3, -0.25) is 9.59 Å². The standard InChI is InChI=1S/C25H34N4O2/c1-3-20-10-6-7-11-23(20)27-25(31)19-28(2)18-24(30)26-21-12-14-22(15-13-21)29-16-8-4-5-9-17-29/h6-7,10-15H,3-5,8-9,16-19H2,1-2H3,(H,26,30)(H,27,31)/p+1. The van der Waals surface area contributed by atoms with E-state index in [4.69, 9.17) is 0 Å². The summed E-state index contributed by atoms with van der Waals surface area (Å²) in [6.07, 6.45) is 5.96. The average Bonchev–Trinajstić information content (AvgIpc) is 3.04. The molecule has 31 heavy (non-hydrogen) atoms. The Labute approximate surface area is 185 Å². The van der Waals surface area contributed by atoms with Gasteiger partial charge in [-0.25, -0.2) is 0 Å². The monoisotopic (exact) mass is 423 g/mol. The quantitative estimate of drug-likeness (QED) is 0.612. The number of carbonyl (C=O) groups is 2. The van der Waals surface area contributed by atoms with Gasteiger partial charge in [-0.15, -0.1) is 0 Å². The van der Waals surface area contributed by atoms with Crippen LogP contribution in [-0.4, -0.2) is 45.0 Å². The van der Waals surface area contributed by atoms with Gasteiger partial charge in [0.25, 0.3) is 11.8 Å². The molecule has 2 amide bonds. The highest BCUT2D eigenvalue weighted by atomic mass is 16.2. The van der Waals surface area contributed by atoms with Gasteiger partial charge in [-0.1, -0.05) is 38.0 Å². The number of benzene rings is 2. The van der Waals surface area contributed by atoms with Crippen LogP contribution in [0.3, 0.4) is 0 Å². The summed E-state index contributed by atoms with van der Waals surface area (Å²) in [5.74, 6) is -0.185. The third-order valence-corrected chi connectivity index (χ3v) is 5.72. The van der Waals surface area contributed by atoms with Crippen molar-refractivity contribution < 1.29 is 14.5 Å². The van der Waals surface area contributed by atoms with Crippen LogP contribution >= 0.6 is 0 Å². The van der Waals surface area contributed by atoms with E-state index in [2.05, 4.69) is 34.6 Å². The predicted octanol–water partition coefficient (Wildman–Crippen LogP) is 2.72. The first-order valence-corrected chi connectivity index (χ1v) is 11.4. The highest BCUT2D eigenvalue weighted by molar-refractivity contribution is 5.93. The van der Waals surface area contributed by atoms with Crippen LogP contribution in [0.25, 0.3) is 0 Å². The fourth-order valence-electron chi connectivity index (χ4n) is 4.05. The maximum Gasteiger partial charge on any atom is 0.279 e. The van der Waals surface area contributed by atoms with E-state index in [0.29, 0.717) is 0 Å². The molecule has 1 heterocycles. The first kappa shape index (κ1) is 22.8. The summed E-state index contributed by atoms with van der Waals surface area (Å²) in [7, 11) is 1.85. The fraction of sp³-hybridized carbons (Fsp3) is 0.440. The van der Waals surface area contributed by atoms with E-state index < -0.39 is 0 Å². The molecule has 3 rings (SSSR count). The zero-order valence-corrected chi connectivity index (χ0v) is 18.7. The van der Waals surface area contributed by atoms with Crippen molar-refractivity contribution in [3.8, 4) is 0 Å². The number of carbonyl (C=O) groups excluding carboxylic acids is 2. The van der Waals surface area contributed by atoms with E-state index in [0.717, 1.165) is 41.3 Å². The number of anilines is 3. The molecule has 1 aliphatic rings. The number of para-hydroxylation sites is 1. The van der Waals surface area contributed by atoms with Gasteiger partial charge in [-0.2, -0.15) is 0 Å². The van der Waals surface area contributed by atoms with Crippen molar-refractivity contribution in [2.75, 3.05) is 48.8 Å².